The van der Waals surface area contributed by atoms with Crippen molar-refractivity contribution in [3.05, 3.63) is 107 Å². The van der Waals surface area contributed by atoms with Gasteiger partial charge in [0.2, 0.25) is 0 Å². The molecule has 0 radical (unpaired) electrons. The topological polar surface area (TPSA) is 0 Å². The van der Waals surface area contributed by atoms with Gasteiger partial charge in [0.05, 0.1) is 5.16 Å². The van der Waals surface area contributed by atoms with E-state index in [9.17, 15) is 0 Å². The third-order valence-corrected chi connectivity index (χ3v) is 4.97. The van der Waals surface area contributed by atoms with E-state index in [1.165, 1.54) is 11.1 Å². The number of benzene rings is 3. The molecule has 1 atom stereocenters. The van der Waals surface area contributed by atoms with Crippen LogP contribution in [0.1, 0.15) is 16.7 Å². The molecule has 3 aromatic rings. The normalized spacial score (nSPS) is 10.8. The van der Waals surface area contributed by atoms with Crippen LogP contribution < -0.4 is 0 Å². The second kappa shape index (κ2) is 7.42. The summed E-state index contributed by atoms with van der Waals surface area (Å²) in [5.74, 6) is 0. The Balaban J connectivity index is 0.00000176. The van der Waals surface area contributed by atoms with E-state index < -0.39 is 0 Å². The van der Waals surface area contributed by atoms with Gasteiger partial charge in [-0.1, -0.05) is 84.4 Å². The van der Waals surface area contributed by atoms with Crippen LogP contribution in [0.15, 0.2) is 84.9 Å². The molecule has 0 N–H and O–H groups in total. The minimum absolute atomic E-state index is 0. The molecule has 0 saturated heterocycles. The standard InChI is InChI=1S/C19H16ClP.BrH/c20-18-13-7-12-17(14-18)19(21,15-8-3-1-4-9-15)16-10-5-2-6-11-16;/h1-14H,21H2;1H. The van der Waals surface area contributed by atoms with E-state index in [2.05, 4.69) is 63.8 Å². The Hall–Kier alpha value is -1.14. The third-order valence-electron chi connectivity index (χ3n) is 3.74. The van der Waals surface area contributed by atoms with Crippen molar-refractivity contribution in [3.8, 4) is 0 Å². The van der Waals surface area contributed by atoms with E-state index >= 15 is 0 Å². The summed E-state index contributed by atoms with van der Waals surface area (Å²) in [5.41, 5.74) is 3.62. The summed E-state index contributed by atoms with van der Waals surface area (Å²) in [6.45, 7) is 0. The highest BCUT2D eigenvalue weighted by molar-refractivity contribution is 8.93. The van der Waals surface area contributed by atoms with Crippen LogP contribution in [0.4, 0.5) is 0 Å². The minimum atomic E-state index is -0.298. The van der Waals surface area contributed by atoms with Crippen molar-refractivity contribution in [2.45, 2.75) is 5.16 Å². The Labute approximate surface area is 149 Å². The molecule has 0 fully saturated rings. The van der Waals surface area contributed by atoms with Crippen molar-refractivity contribution >= 4 is 37.8 Å². The largest absolute Gasteiger partial charge is 0.117 e. The maximum absolute atomic E-state index is 6.22. The van der Waals surface area contributed by atoms with E-state index in [1.807, 2.05) is 30.3 Å². The molecule has 22 heavy (non-hydrogen) atoms. The lowest BCUT2D eigenvalue weighted by molar-refractivity contribution is 0.897. The van der Waals surface area contributed by atoms with Gasteiger partial charge in [-0.25, -0.2) is 0 Å². The second-order valence-corrected chi connectivity index (χ2v) is 6.35. The van der Waals surface area contributed by atoms with E-state index in [4.69, 9.17) is 11.6 Å². The van der Waals surface area contributed by atoms with Crippen molar-refractivity contribution in [2.75, 3.05) is 0 Å². The number of hydrogen-bond acceptors (Lipinski definition) is 0. The Kier molecular flexibility index (Phi) is 5.81. The maximum atomic E-state index is 6.22. The fourth-order valence-corrected chi connectivity index (χ4v) is 3.39. The van der Waals surface area contributed by atoms with Crippen LogP contribution in [0.5, 0.6) is 0 Å². The summed E-state index contributed by atoms with van der Waals surface area (Å²) in [7, 11) is 3.02. The molecule has 3 aromatic carbocycles. The van der Waals surface area contributed by atoms with Crippen LogP contribution in [0.2, 0.25) is 5.02 Å². The molecule has 0 nitrogen and oxygen atoms in total. The summed E-state index contributed by atoms with van der Waals surface area (Å²) in [6.07, 6.45) is 0. The summed E-state index contributed by atoms with van der Waals surface area (Å²) in [4.78, 5) is 0. The summed E-state index contributed by atoms with van der Waals surface area (Å²) in [5, 5.41) is 0.458. The van der Waals surface area contributed by atoms with Gasteiger partial charge in [-0.2, -0.15) is 0 Å². The van der Waals surface area contributed by atoms with E-state index in [0.29, 0.717) is 0 Å². The van der Waals surface area contributed by atoms with Crippen molar-refractivity contribution in [1.29, 1.82) is 0 Å². The average Bonchev–Trinajstić information content (AvgIpc) is 2.56. The van der Waals surface area contributed by atoms with Gasteiger partial charge in [0.15, 0.2) is 0 Å². The van der Waals surface area contributed by atoms with Gasteiger partial charge in [0, 0.05) is 5.02 Å². The van der Waals surface area contributed by atoms with E-state index in [-0.39, 0.29) is 22.1 Å². The average molecular weight is 392 g/mol. The van der Waals surface area contributed by atoms with Crippen LogP contribution in [-0.2, 0) is 5.16 Å². The van der Waals surface area contributed by atoms with E-state index in [1.54, 1.807) is 0 Å². The van der Waals surface area contributed by atoms with Gasteiger partial charge < -0.3 is 0 Å². The molecule has 0 bridgehead atoms. The predicted octanol–water partition coefficient (Wildman–Crippen LogP) is 6.08. The molecule has 0 aliphatic heterocycles. The molecule has 3 rings (SSSR count). The van der Waals surface area contributed by atoms with Crippen LogP contribution in [-0.4, -0.2) is 0 Å². The number of halogens is 2. The molecule has 0 spiro atoms. The third kappa shape index (κ3) is 3.27. The SMILES string of the molecule is Br.PC(c1ccccc1)(c1ccccc1)c1cccc(Cl)c1. The number of hydrogen-bond donors (Lipinski definition) is 0. The molecular weight excluding hydrogens is 375 g/mol. The van der Waals surface area contributed by atoms with Crippen LogP contribution in [0.3, 0.4) is 0 Å². The summed E-state index contributed by atoms with van der Waals surface area (Å²) >= 11 is 6.22. The lowest BCUT2D eigenvalue weighted by atomic mass is 9.84. The highest BCUT2D eigenvalue weighted by Gasteiger charge is 2.31. The Morgan fingerprint density at radius 1 is 0.636 bits per heavy atom. The van der Waals surface area contributed by atoms with Crippen molar-refractivity contribution in [1.82, 2.24) is 0 Å². The number of rotatable bonds is 3. The van der Waals surface area contributed by atoms with Gasteiger partial charge in [-0.05, 0) is 28.8 Å². The molecule has 1 unspecified atom stereocenters. The zero-order chi connectivity index (χ0) is 14.7. The van der Waals surface area contributed by atoms with Crippen molar-refractivity contribution in [3.63, 3.8) is 0 Å². The molecule has 0 amide bonds. The molecule has 3 heteroatoms. The molecule has 0 aromatic heterocycles. The fourth-order valence-electron chi connectivity index (χ4n) is 2.64. The maximum Gasteiger partial charge on any atom is 0.0591 e. The quantitative estimate of drug-likeness (QED) is 0.375. The zero-order valence-corrected chi connectivity index (χ0v) is 15.6. The molecule has 0 aliphatic rings. The lowest BCUT2D eigenvalue weighted by Gasteiger charge is -2.31. The Morgan fingerprint density at radius 3 is 1.55 bits per heavy atom. The minimum Gasteiger partial charge on any atom is -0.117 e. The van der Waals surface area contributed by atoms with Gasteiger partial charge in [0.1, 0.15) is 0 Å². The second-order valence-electron chi connectivity index (χ2n) is 5.05. The molecule has 0 heterocycles. The van der Waals surface area contributed by atoms with Gasteiger partial charge in [0.25, 0.3) is 0 Å². The molecule has 0 saturated carbocycles. The first-order valence-electron chi connectivity index (χ1n) is 6.87. The highest BCUT2D eigenvalue weighted by atomic mass is 79.9. The molecular formula is C19H17BrClP. The van der Waals surface area contributed by atoms with E-state index in [0.717, 1.165) is 10.6 Å². The first kappa shape index (κ1) is 17.2. The summed E-state index contributed by atoms with van der Waals surface area (Å²) < 4.78 is 0. The Bertz CT molecular complexity index is 689. The molecule has 112 valence electrons. The Morgan fingerprint density at radius 2 is 1.09 bits per heavy atom. The summed E-state index contributed by atoms with van der Waals surface area (Å²) in [6, 6.07) is 29.0. The van der Waals surface area contributed by atoms with Crippen LogP contribution in [0.25, 0.3) is 0 Å². The first-order valence-corrected chi connectivity index (χ1v) is 7.83. The van der Waals surface area contributed by atoms with Crippen LogP contribution in [0, 0.1) is 0 Å². The molecule has 0 aliphatic carbocycles. The predicted molar refractivity (Wildman–Crippen MR) is 104 cm³/mol. The van der Waals surface area contributed by atoms with Crippen LogP contribution >= 0.6 is 37.8 Å². The van der Waals surface area contributed by atoms with Gasteiger partial charge in [-0.3, -0.25) is 0 Å². The smallest absolute Gasteiger partial charge is 0.0591 e. The monoisotopic (exact) mass is 390 g/mol. The highest BCUT2D eigenvalue weighted by Crippen LogP contribution is 2.45. The fraction of sp³-hybridized carbons (Fsp3) is 0.0526. The van der Waals surface area contributed by atoms with Crippen molar-refractivity contribution in [2.24, 2.45) is 0 Å². The lowest BCUT2D eigenvalue weighted by Crippen LogP contribution is -2.21. The van der Waals surface area contributed by atoms with Gasteiger partial charge >= 0.3 is 0 Å². The van der Waals surface area contributed by atoms with Crippen molar-refractivity contribution < 1.29 is 0 Å². The first-order chi connectivity index (χ1) is 10.2. The zero-order valence-electron chi connectivity index (χ0n) is 11.9. The van der Waals surface area contributed by atoms with Gasteiger partial charge in [-0.15, -0.1) is 26.2 Å².